The molecule has 21 heavy (non-hydrogen) atoms. The maximum absolute atomic E-state index is 10.6. The van der Waals surface area contributed by atoms with E-state index in [1.807, 2.05) is 6.08 Å². The molecule has 0 spiro atoms. The largest absolute Gasteiger partial charge is 0.393 e. The lowest BCUT2D eigenvalue weighted by Gasteiger charge is -2.60. The fourth-order valence-corrected chi connectivity index (χ4v) is 5.46. The van der Waals surface area contributed by atoms with E-state index in [2.05, 4.69) is 33.9 Å². The van der Waals surface area contributed by atoms with Crippen LogP contribution in [0.15, 0.2) is 24.8 Å². The highest BCUT2D eigenvalue weighted by Crippen LogP contribution is 2.60. The first kappa shape index (κ1) is 16.8. The van der Waals surface area contributed by atoms with Gasteiger partial charge in [0.05, 0.1) is 12.2 Å². The molecule has 2 aliphatic rings. The van der Waals surface area contributed by atoms with E-state index in [9.17, 15) is 10.2 Å². The highest BCUT2D eigenvalue weighted by atomic mass is 16.3. The predicted molar refractivity (Wildman–Crippen MR) is 87.9 cm³/mol. The third kappa shape index (κ3) is 2.98. The number of aliphatic hydroxyl groups excluding tert-OH is 2. The zero-order chi connectivity index (χ0) is 15.8. The van der Waals surface area contributed by atoms with Crippen molar-refractivity contribution >= 4 is 0 Å². The summed E-state index contributed by atoms with van der Waals surface area (Å²) >= 11 is 0. The average Bonchev–Trinajstić information content (AvgIpc) is 2.35. The zero-order valence-corrected chi connectivity index (χ0v) is 13.9. The Bertz CT molecular complexity index is 412. The standard InChI is InChI=1S/C19H32O2/c1-6-13(2)8-9-14-15(20)12-16(21)17-18(3,4)10-7-11-19(14,17)5/h6,14-17,20-21H,1-2,7-12H2,3-5H3/t14-,15+,16-,17-,19+/m0/s1. The van der Waals surface area contributed by atoms with Gasteiger partial charge in [-0.25, -0.2) is 0 Å². The number of hydrogen-bond acceptors (Lipinski definition) is 2. The van der Waals surface area contributed by atoms with E-state index < -0.39 is 6.10 Å². The van der Waals surface area contributed by atoms with Crippen molar-refractivity contribution in [3.63, 3.8) is 0 Å². The Balaban J connectivity index is 2.26. The van der Waals surface area contributed by atoms with Crippen LogP contribution in [-0.2, 0) is 0 Å². The van der Waals surface area contributed by atoms with Gasteiger partial charge in [0, 0.05) is 0 Å². The topological polar surface area (TPSA) is 40.5 Å². The van der Waals surface area contributed by atoms with Gasteiger partial charge in [0.25, 0.3) is 0 Å². The van der Waals surface area contributed by atoms with Crippen molar-refractivity contribution in [2.45, 2.75) is 71.5 Å². The van der Waals surface area contributed by atoms with E-state index in [1.54, 1.807) is 0 Å². The van der Waals surface area contributed by atoms with Gasteiger partial charge in [-0.1, -0.05) is 52.0 Å². The molecule has 2 aliphatic carbocycles. The third-order valence-corrected chi connectivity index (χ3v) is 6.33. The molecule has 2 nitrogen and oxygen atoms in total. The molecule has 0 aromatic rings. The van der Waals surface area contributed by atoms with Gasteiger partial charge in [0.1, 0.15) is 0 Å². The minimum absolute atomic E-state index is 0.0281. The normalized spacial score (nSPS) is 42.1. The number of allylic oxidation sites excluding steroid dienone is 2. The lowest BCUT2D eigenvalue weighted by atomic mass is 9.46. The molecule has 2 rings (SSSR count). The molecule has 0 radical (unpaired) electrons. The lowest BCUT2D eigenvalue weighted by molar-refractivity contribution is -0.179. The van der Waals surface area contributed by atoms with Gasteiger partial charge in [-0.15, -0.1) is 0 Å². The quantitative estimate of drug-likeness (QED) is 0.766. The van der Waals surface area contributed by atoms with Crippen molar-refractivity contribution in [1.82, 2.24) is 0 Å². The molecule has 0 saturated heterocycles. The number of hydrogen-bond donors (Lipinski definition) is 2. The molecule has 2 N–H and O–H groups in total. The molecule has 2 saturated carbocycles. The second-order valence-electron chi connectivity index (χ2n) is 8.20. The fourth-order valence-electron chi connectivity index (χ4n) is 5.46. The van der Waals surface area contributed by atoms with E-state index in [-0.39, 0.29) is 28.8 Å². The van der Waals surface area contributed by atoms with Gasteiger partial charge < -0.3 is 10.2 Å². The summed E-state index contributed by atoms with van der Waals surface area (Å²) < 4.78 is 0. The summed E-state index contributed by atoms with van der Waals surface area (Å²) in [4.78, 5) is 0. The first-order chi connectivity index (χ1) is 9.72. The van der Waals surface area contributed by atoms with Crippen LogP contribution >= 0.6 is 0 Å². The molecule has 0 bridgehead atoms. The van der Waals surface area contributed by atoms with Crippen LogP contribution in [0.5, 0.6) is 0 Å². The summed E-state index contributed by atoms with van der Waals surface area (Å²) in [5, 5.41) is 21.2. The van der Waals surface area contributed by atoms with E-state index in [0.717, 1.165) is 24.8 Å². The summed E-state index contributed by atoms with van der Waals surface area (Å²) in [5.74, 6) is 0.534. The Morgan fingerprint density at radius 2 is 1.86 bits per heavy atom. The van der Waals surface area contributed by atoms with Crippen LogP contribution in [0.3, 0.4) is 0 Å². The minimum Gasteiger partial charge on any atom is -0.393 e. The van der Waals surface area contributed by atoms with E-state index in [0.29, 0.717) is 6.42 Å². The molecule has 0 unspecified atom stereocenters. The van der Waals surface area contributed by atoms with Crippen molar-refractivity contribution in [2.24, 2.45) is 22.7 Å². The Hall–Kier alpha value is -0.600. The molecule has 0 aromatic carbocycles. The molecule has 0 aromatic heterocycles. The average molecular weight is 292 g/mol. The summed E-state index contributed by atoms with van der Waals surface area (Å²) in [7, 11) is 0. The van der Waals surface area contributed by atoms with Crippen molar-refractivity contribution in [3.8, 4) is 0 Å². The van der Waals surface area contributed by atoms with E-state index >= 15 is 0 Å². The van der Waals surface area contributed by atoms with Crippen molar-refractivity contribution in [3.05, 3.63) is 24.8 Å². The maximum atomic E-state index is 10.6. The van der Waals surface area contributed by atoms with E-state index in [1.165, 1.54) is 12.8 Å². The van der Waals surface area contributed by atoms with Crippen LogP contribution in [0.4, 0.5) is 0 Å². The zero-order valence-electron chi connectivity index (χ0n) is 13.9. The monoisotopic (exact) mass is 292 g/mol. The van der Waals surface area contributed by atoms with Crippen molar-refractivity contribution < 1.29 is 10.2 Å². The lowest BCUT2D eigenvalue weighted by Crippen LogP contribution is -2.58. The summed E-state index contributed by atoms with van der Waals surface area (Å²) in [5.41, 5.74) is 1.23. The minimum atomic E-state index is -0.396. The molecule has 2 heteroatoms. The number of rotatable bonds is 4. The first-order valence-electron chi connectivity index (χ1n) is 8.38. The van der Waals surface area contributed by atoms with Crippen LogP contribution in [-0.4, -0.2) is 22.4 Å². The molecular weight excluding hydrogens is 260 g/mol. The molecular formula is C19H32O2. The van der Waals surface area contributed by atoms with Gasteiger partial charge in [-0.2, -0.15) is 0 Å². The Morgan fingerprint density at radius 3 is 2.48 bits per heavy atom. The Kier molecular flexibility index (Phi) is 4.70. The van der Waals surface area contributed by atoms with E-state index in [4.69, 9.17) is 0 Å². The second kappa shape index (κ2) is 5.89. The second-order valence-corrected chi connectivity index (χ2v) is 8.20. The van der Waals surface area contributed by atoms with Gasteiger partial charge in [0.15, 0.2) is 0 Å². The molecule has 0 amide bonds. The Morgan fingerprint density at radius 1 is 1.19 bits per heavy atom. The molecule has 5 atom stereocenters. The number of aliphatic hydroxyl groups is 2. The summed E-state index contributed by atoms with van der Waals surface area (Å²) in [6.45, 7) is 14.7. The third-order valence-electron chi connectivity index (χ3n) is 6.33. The highest BCUT2D eigenvalue weighted by Gasteiger charge is 2.57. The fraction of sp³-hybridized carbons (Fsp3) is 0.789. The van der Waals surface area contributed by atoms with Crippen LogP contribution in [0, 0.1) is 22.7 Å². The Labute approximate surface area is 130 Å². The number of fused-ring (bicyclic) bond motifs is 1. The molecule has 120 valence electrons. The van der Waals surface area contributed by atoms with Gasteiger partial charge in [-0.05, 0) is 54.8 Å². The van der Waals surface area contributed by atoms with Crippen LogP contribution in [0.2, 0.25) is 0 Å². The smallest absolute Gasteiger partial charge is 0.0603 e. The van der Waals surface area contributed by atoms with Crippen molar-refractivity contribution in [1.29, 1.82) is 0 Å². The van der Waals surface area contributed by atoms with Gasteiger partial charge >= 0.3 is 0 Å². The summed E-state index contributed by atoms with van der Waals surface area (Å²) in [6, 6.07) is 0. The first-order valence-corrected chi connectivity index (χ1v) is 8.38. The van der Waals surface area contributed by atoms with Crippen LogP contribution in [0.1, 0.15) is 59.3 Å². The highest BCUT2D eigenvalue weighted by molar-refractivity contribution is 5.12. The van der Waals surface area contributed by atoms with Crippen LogP contribution < -0.4 is 0 Å². The molecule has 2 fully saturated rings. The van der Waals surface area contributed by atoms with Gasteiger partial charge in [-0.3, -0.25) is 0 Å². The summed E-state index contributed by atoms with van der Waals surface area (Å²) in [6.07, 6.45) is 6.88. The molecule has 0 heterocycles. The van der Waals surface area contributed by atoms with Gasteiger partial charge in [0.2, 0.25) is 0 Å². The molecule has 0 aliphatic heterocycles. The SMILES string of the molecule is C=CC(=C)CC[C@H]1[C@H](O)C[C@H](O)[C@H]2C(C)(C)CCC[C@]12C. The van der Waals surface area contributed by atoms with Crippen LogP contribution in [0.25, 0.3) is 0 Å². The predicted octanol–water partition coefficient (Wildman–Crippen LogP) is 4.08. The van der Waals surface area contributed by atoms with Crippen molar-refractivity contribution in [2.75, 3.05) is 0 Å². The maximum Gasteiger partial charge on any atom is 0.0603 e.